The van der Waals surface area contributed by atoms with Crippen LogP contribution >= 0.6 is 23.5 Å². The molecule has 0 bridgehead atoms. The van der Waals surface area contributed by atoms with Gasteiger partial charge >= 0.3 is 0 Å². The van der Waals surface area contributed by atoms with Crippen molar-refractivity contribution in [2.24, 2.45) is 0 Å². The lowest BCUT2D eigenvalue weighted by atomic mass is 10.6. The summed E-state index contributed by atoms with van der Waals surface area (Å²) in [4.78, 5) is 0. The Labute approximate surface area is 93.4 Å². The van der Waals surface area contributed by atoms with Gasteiger partial charge in [0.25, 0.3) is 0 Å². The molecule has 0 amide bonds. The molecule has 1 fully saturated rings. The standard InChI is InChI=1S/C9H22S2Si2/c1-12(2)8-10-6-5-7-11-9-13(12,3)4/h5-9H2,1-4H3. The van der Waals surface area contributed by atoms with Crippen molar-refractivity contribution in [2.75, 3.05) is 22.3 Å². The largest absolute Gasteiger partial charge is 0.165 e. The summed E-state index contributed by atoms with van der Waals surface area (Å²) in [6.07, 6.45) is 1.43. The van der Waals surface area contributed by atoms with Gasteiger partial charge in [0.15, 0.2) is 0 Å². The molecule has 1 aliphatic rings. The molecule has 1 rings (SSSR count). The summed E-state index contributed by atoms with van der Waals surface area (Å²) in [5.41, 5.74) is 0. The van der Waals surface area contributed by atoms with Crippen LogP contribution in [0.5, 0.6) is 0 Å². The van der Waals surface area contributed by atoms with E-state index in [0.29, 0.717) is 0 Å². The Morgan fingerprint density at radius 1 is 0.769 bits per heavy atom. The van der Waals surface area contributed by atoms with Crippen molar-refractivity contribution in [3.63, 3.8) is 0 Å². The Kier molecular flexibility index (Phi) is 4.48. The minimum Gasteiger partial charge on any atom is -0.165 e. The molecule has 1 heterocycles. The summed E-state index contributed by atoms with van der Waals surface area (Å²) in [5.74, 6) is 2.82. The monoisotopic (exact) mass is 250 g/mol. The summed E-state index contributed by atoms with van der Waals surface area (Å²) >= 11 is 4.47. The van der Waals surface area contributed by atoms with Gasteiger partial charge in [-0.2, -0.15) is 23.5 Å². The third-order valence-corrected chi connectivity index (χ3v) is 29.2. The van der Waals surface area contributed by atoms with E-state index in [1.54, 1.807) is 0 Å². The van der Waals surface area contributed by atoms with Gasteiger partial charge in [0.05, 0.1) is 15.2 Å². The van der Waals surface area contributed by atoms with E-state index in [0.717, 1.165) is 0 Å². The van der Waals surface area contributed by atoms with Crippen LogP contribution in [0, 0.1) is 0 Å². The molecule has 0 spiro atoms. The highest BCUT2D eigenvalue weighted by atomic mass is 32.2. The minimum atomic E-state index is -0.852. The highest BCUT2D eigenvalue weighted by molar-refractivity contribution is 8.04. The smallest absolute Gasteiger partial charge is 0.0529 e. The predicted octanol–water partition coefficient (Wildman–Crippen LogP) is 3.43. The zero-order chi connectivity index (χ0) is 9.95. The van der Waals surface area contributed by atoms with Crippen molar-refractivity contribution < 1.29 is 0 Å². The highest BCUT2D eigenvalue weighted by Gasteiger charge is 2.40. The molecule has 4 heteroatoms. The third kappa shape index (κ3) is 3.32. The van der Waals surface area contributed by atoms with Crippen LogP contribution in [0.3, 0.4) is 0 Å². The lowest BCUT2D eigenvalue weighted by Gasteiger charge is -2.37. The number of hydrogen-bond donors (Lipinski definition) is 0. The van der Waals surface area contributed by atoms with Gasteiger partial charge in [-0.15, -0.1) is 0 Å². The van der Waals surface area contributed by atoms with Gasteiger partial charge < -0.3 is 0 Å². The Morgan fingerprint density at radius 3 is 1.54 bits per heavy atom. The molecule has 1 aliphatic heterocycles. The van der Waals surface area contributed by atoms with Crippen LogP contribution in [-0.2, 0) is 0 Å². The fourth-order valence-electron chi connectivity index (χ4n) is 1.31. The quantitative estimate of drug-likeness (QED) is 0.604. The summed E-state index contributed by atoms with van der Waals surface area (Å²) in [7, 11) is -1.70. The number of thioether (sulfide) groups is 2. The van der Waals surface area contributed by atoms with E-state index in [1.165, 1.54) is 28.7 Å². The Bertz CT molecular complexity index is 151. The van der Waals surface area contributed by atoms with Gasteiger partial charge in [0.1, 0.15) is 0 Å². The SMILES string of the molecule is C[Si]1(C)CSCCCSC[Si]1(C)C. The zero-order valence-electron chi connectivity index (χ0n) is 9.35. The van der Waals surface area contributed by atoms with E-state index in [4.69, 9.17) is 0 Å². The molecular weight excluding hydrogens is 228 g/mol. The maximum Gasteiger partial charge on any atom is 0.0529 e. The highest BCUT2D eigenvalue weighted by Crippen LogP contribution is 2.28. The van der Waals surface area contributed by atoms with Crippen LogP contribution in [0.15, 0.2) is 0 Å². The van der Waals surface area contributed by atoms with Crippen molar-refractivity contribution >= 4 is 38.7 Å². The van der Waals surface area contributed by atoms with Gasteiger partial charge in [-0.25, -0.2) is 0 Å². The van der Waals surface area contributed by atoms with Gasteiger partial charge in [-0.05, 0) is 28.7 Å². The summed E-state index contributed by atoms with van der Waals surface area (Å²) in [6, 6.07) is 0. The molecule has 0 nitrogen and oxygen atoms in total. The lowest BCUT2D eigenvalue weighted by Crippen LogP contribution is -2.59. The molecule has 0 atom stereocenters. The second-order valence-electron chi connectivity index (χ2n) is 5.23. The average Bonchev–Trinajstić information content (AvgIpc) is 2.05. The first kappa shape index (κ1) is 12.2. The topological polar surface area (TPSA) is 0 Å². The van der Waals surface area contributed by atoms with Gasteiger partial charge in [-0.3, -0.25) is 0 Å². The molecule has 0 saturated carbocycles. The van der Waals surface area contributed by atoms with Crippen LogP contribution in [0.4, 0.5) is 0 Å². The lowest BCUT2D eigenvalue weighted by molar-refractivity contribution is 1.13. The van der Waals surface area contributed by atoms with Crippen LogP contribution in [0.25, 0.3) is 0 Å². The Balaban J connectivity index is 2.66. The van der Waals surface area contributed by atoms with E-state index >= 15 is 0 Å². The predicted molar refractivity (Wildman–Crippen MR) is 74.2 cm³/mol. The van der Waals surface area contributed by atoms with Crippen molar-refractivity contribution in [3.05, 3.63) is 0 Å². The maximum atomic E-state index is 2.62. The van der Waals surface area contributed by atoms with Gasteiger partial charge in [-0.1, -0.05) is 26.2 Å². The molecule has 13 heavy (non-hydrogen) atoms. The van der Waals surface area contributed by atoms with Gasteiger partial charge in [0, 0.05) is 0 Å². The Morgan fingerprint density at radius 2 is 1.15 bits per heavy atom. The van der Waals surface area contributed by atoms with Crippen LogP contribution < -0.4 is 0 Å². The molecule has 1 saturated heterocycles. The number of hydrogen-bond acceptors (Lipinski definition) is 2. The minimum absolute atomic E-state index is 0.852. The molecule has 0 aromatic heterocycles. The first-order valence-electron chi connectivity index (χ1n) is 5.11. The van der Waals surface area contributed by atoms with Crippen LogP contribution in [-0.4, -0.2) is 37.4 Å². The summed E-state index contributed by atoms with van der Waals surface area (Å²) in [6.45, 7) is 10.5. The Hall–Kier alpha value is 1.13. The molecule has 0 aliphatic carbocycles. The second-order valence-corrected chi connectivity index (χ2v) is 24.8. The molecule has 0 N–H and O–H groups in total. The van der Waals surface area contributed by atoms with E-state index in [2.05, 4.69) is 49.7 Å². The average molecular weight is 251 g/mol. The molecule has 0 aromatic carbocycles. The normalized spacial score (nSPS) is 28.6. The zero-order valence-corrected chi connectivity index (χ0v) is 13.0. The fourth-order valence-corrected chi connectivity index (χ4v) is 19.4. The van der Waals surface area contributed by atoms with E-state index < -0.39 is 15.2 Å². The van der Waals surface area contributed by atoms with E-state index in [-0.39, 0.29) is 0 Å². The molecule has 0 unspecified atom stereocenters. The maximum absolute atomic E-state index is 2.62. The fraction of sp³-hybridized carbons (Fsp3) is 1.00. The second kappa shape index (κ2) is 4.77. The van der Waals surface area contributed by atoms with Gasteiger partial charge in [0.2, 0.25) is 0 Å². The summed E-state index contributed by atoms with van der Waals surface area (Å²) < 4.78 is 0. The van der Waals surface area contributed by atoms with Crippen molar-refractivity contribution in [2.45, 2.75) is 32.6 Å². The van der Waals surface area contributed by atoms with E-state index in [9.17, 15) is 0 Å². The molecule has 78 valence electrons. The van der Waals surface area contributed by atoms with Crippen LogP contribution in [0.2, 0.25) is 26.2 Å². The molecular formula is C9H22S2Si2. The van der Waals surface area contributed by atoms with Crippen molar-refractivity contribution in [1.29, 1.82) is 0 Å². The number of rotatable bonds is 0. The molecule has 0 aromatic rings. The third-order valence-electron chi connectivity index (χ3n) is 3.34. The van der Waals surface area contributed by atoms with Crippen molar-refractivity contribution in [3.8, 4) is 0 Å². The summed E-state index contributed by atoms with van der Waals surface area (Å²) in [5, 5.41) is 3.04. The van der Waals surface area contributed by atoms with E-state index in [1.807, 2.05) is 0 Å². The first-order chi connectivity index (χ1) is 5.96. The van der Waals surface area contributed by atoms with Crippen molar-refractivity contribution in [1.82, 2.24) is 0 Å². The van der Waals surface area contributed by atoms with Crippen LogP contribution in [0.1, 0.15) is 6.42 Å². The molecule has 0 radical (unpaired) electrons. The first-order valence-corrected chi connectivity index (χ1v) is 14.8.